The summed E-state index contributed by atoms with van der Waals surface area (Å²) >= 11 is 1.70. The Bertz CT molecular complexity index is 2110. The Morgan fingerprint density at radius 2 is 1.76 bits per heavy atom. The molecule has 4 aromatic rings. The number of benzene rings is 3. The molecule has 1 saturated carbocycles. The molecule has 3 aliphatic rings. The van der Waals surface area contributed by atoms with E-state index in [1.165, 1.54) is 12.1 Å². The molecule has 2 heterocycles. The molecule has 0 bridgehead atoms. The molecule has 0 unspecified atom stereocenters. The number of pyridine rings is 1. The first-order chi connectivity index (χ1) is 28.8. The summed E-state index contributed by atoms with van der Waals surface area (Å²) < 4.78 is 20.8. The van der Waals surface area contributed by atoms with Gasteiger partial charge in [-0.1, -0.05) is 54.4 Å². The van der Waals surface area contributed by atoms with Gasteiger partial charge in [0, 0.05) is 53.8 Å². The van der Waals surface area contributed by atoms with E-state index in [0.29, 0.717) is 31.6 Å². The largest absolute Gasteiger partial charge is 0.487 e. The van der Waals surface area contributed by atoms with Gasteiger partial charge in [0.2, 0.25) is 5.79 Å². The zero-order chi connectivity index (χ0) is 41.2. The van der Waals surface area contributed by atoms with Gasteiger partial charge in [0.25, 0.3) is 5.69 Å². The van der Waals surface area contributed by atoms with Crippen LogP contribution < -0.4 is 9.47 Å². The van der Waals surface area contributed by atoms with Gasteiger partial charge in [-0.15, -0.1) is 18.3 Å². The Morgan fingerprint density at radius 1 is 0.983 bits per heavy atom. The number of aliphatic hydroxyl groups excluding tert-OH is 2. The smallest absolute Gasteiger partial charge is 0.269 e. The lowest BCUT2D eigenvalue weighted by atomic mass is 9.56. The third kappa shape index (κ3) is 9.73. The number of non-ortho nitro benzene ring substituents is 1. The van der Waals surface area contributed by atoms with Gasteiger partial charge in [-0.25, -0.2) is 0 Å². The quantitative estimate of drug-likeness (QED) is 0.0383. The molecular weight excluding hydrogens is 767 g/mol. The summed E-state index contributed by atoms with van der Waals surface area (Å²) in [5.74, 6) is 0.179. The maximum atomic E-state index is 11.3. The molecule has 1 fully saturated rings. The van der Waals surface area contributed by atoms with Crippen LogP contribution in [0.5, 0.6) is 11.5 Å². The highest BCUT2D eigenvalue weighted by Crippen LogP contribution is 2.63. The molecule has 0 amide bonds. The fourth-order valence-electron chi connectivity index (χ4n) is 8.91. The van der Waals surface area contributed by atoms with Crippen molar-refractivity contribution in [2.75, 3.05) is 19.8 Å². The second-order valence-corrected chi connectivity index (χ2v) is 16.7. The number of aryl methyl sites for hydroxylation is 1. The number of ether oxygens (including phenoxy) is 3. The number of hydrogen-bond acceptors (Lipinski definition) is 11. The van der Waals surface area contributed by atoms with Gasteiger partial charge >= 0.3 is 0 Å². The predicted molar refractivity (Wildman–Crippen MR) is 228 cm³/mol. The predicted octanol–water partition coefficient (Wildman–Crippen LogP) is 9.50. The van der Waals surface area contributed by atoms with E-state index in [9.17, 15) is 20.3 Å². The van der Waals surface area contributed by atoms with E-state index in [1.807, 2.05) is 55.5 Å². The first-order valence-corrected chi connectivity index (χ1v) is 21.4. The van der Waals surface area contributed by atoms with Crippen molar-refractivity contribution in [2.45, 2.75) is 86.9 Å². The summed E-state index contributed by atoms with van der Waals surface area (Å²) in [6.45, 7) is 6.96. The molecule has 0 saturated heterocycles. The summed E-state index contributed by atoms with van der Waals surface area (Å²) in [7, 11) is 0. The minimum atomic E-state index is -1.13. The molecule has 6 atom stereocenters. The number of oxime groups is 1. The van der Waals surface area contributed by atoms with Crippen LogP contribution in [0.15, 0.2) is 125 Å². The van der Waals surface area contributed by atoms with E-state index in [1.54, 1.807) is 30.0 Å². The van der Waals surface area contributed by atoms with Crippen LogP contribution in [0.4, 0.5) is 5.69 Å². The highest BCUT2D eigenvalue weighted by atomic mass is 32.2. The molecule has 0 radical (unpaired) electrons. The average Bonchev–Trinajstić information content (AvgIpc) is 3.25. The van der Waals surface area contributed by atoms with Crippen molar-refractivity contribution in [1.82, 2.24) is 4.98 Å². The SMILES string of the molecule is C=CCO[C@@]12Oc3ccc(OCc4cccc(C)n4)cc3[C@H]3[C@H](CCCCO)[C@@H](CCCCO)C=C(C(=NOCc4ccc([N+](=O)[O-])cc4)C[C@@H]1Sc1ccccc1)[C@H]32. The van der Waals surface area contributed by atoms with Gasteiger partial charge in [-0.2, -0.15) is 0 Å². The number of unbranched alkanes of at least 4 members (excludes halogenated alkanes) is 2. The lowest BCUT2D eigenvalue weighted by Gasteiger charge is -2.58. The van der Waals surface area contributed by atoms with E-state index in [0.717, 1.165) is 70.1 Å². The van der Waals surface area contributed by atoms with Gasteiger partial charge in [-0.05, 0) is 110 Å². The summed E-state index contributed by atoms with van der Waals surface area (Å²) in [6.07, 6.45) is 9.42. The molecule has 1 aromatic heterocycles. The maximum Gasteiger partial charge on any atom is 0.269 e. The number of fused-ring (bicyclic) bond motifs is 2. The standard InChI is InChI=1S/C47H53N3O8S/c1-3-26-56-47-44(59-38-15-5-4-6-16-38)29-42(49-57-30-33-18-20-36(21-19-33)50(53)54)40-27-34(13-7-9-24-51)39(17-8-10-25-52)45(46(40)47)41-28-37(22-23-43(41)58-47)55-31-35-14-11-12-32(2)48-35/h3-6,11-12,14-16,18-23,27-28,34,39,44-46,51-52H,1,7-10,13,17,24-26,29-31H2,2H3/t34-,39+,44-,45+,46+,47+/m0/s1. The van der Waals surface area contributed by atoms with Crippen molar-refractivity contribution in [1.29, 1.82) is 0 Å². The van der Waals surface area contributed by atoms with Crippen LogP contribution in [-0.4, -0.2) is 56.7 Å². The van der Waals surface area contributed by atoms with Crippen LogP contribution in [-0.2, 0) is 22.8 Å². The molecule has 3 aromatic carbocycles. The van der Waals surface area contributed by atoms with E-state index >= 15 is 0 Å². The van der Waals surface area contributed by atoms with Crippen molar-refractivity contribution in [3.63, 3.8) is 0 Å². The third-order valence-corrected chi connectivity index (χ3v) is 12.9. The van der Waals surface area contributed by atoms with E-state index in [4.69, 9.17) is 24.2 Å². The minimum absolute atomic E-state index is 0.0149. The van der Waals surface area contributed by atoms with E-state index < -0.39 is 10.7 Å². The first-order valence-electron chi connectivity index (χ1n) is 20.5. The summed E-state index contributed by atoms with van der Waals surface area (Å²) in [5, 5.41) is 35.7. The molecule has 59 heavy (non-hydrogen) atoms. The Labute approximate surface area is 350 Å². The fraction of sp³-hybridized carbons (Fsp3) is 0.404. The Balaban J connectivity index is 1.36. The van der Waals surface area contributed by atoms with Crippen LogP contribution in [0.1, 0.15) is 73.4 Å². The summed E-state index contributed by atoms with van der Waals surface area (Å²) in [6, 6.07) is 28.5. The number of aromatic nitrogens is 1. The lowest BCUT2D eigenvalue weighted by Crippen LogP contribution is -2.64. The van der Waals surface area contributed by atoms with Gasteiger partial charge in [0.1, 0.15) is 24.7 Å². The number of nitrogens with zero attached hydrogens (tertiary/aromatic N) is 3. The Kier molecular flexibility index (Phi) is 14.2. The molecular formula is C47H53N3O8S. The molecule has 2 N–H and O–H groups in total. The molecule has 11 nitrogen and oxygen atoms in total. The first kappa shape index (κ1) is 42.1. The van der Waals surface area contributed by atoms with Crippen LogP contribution in [0.2, 0.25) is 0 Å². The van der Waals surface area contributed by atoms with E-state index in [-0.39, 0.29) is 61.0 Å². The number of rotatable bonds is 20. The second-order valence-electron chi connectivity index (χ2n) is 15.4. The molecule has 2 aliphatic carbocycles. The van der Waals surface area contributed by atoms with Gasteiger partial charge < -0.3 is 29.3 Å². The van der Waals surface area contributed by atoms with Crippen molar-refractivity contribution in [3.8, 4) is 11.5 Å². The monoisotopic (exact) mass is 819 g/mol. The molecule has 12 heteroatoms. The summed E-state index contributed by atoms with van der Waals surface area (Å²) in [4.78, 5) is 22.7. The van der Waals surface area contributed by atoms with Gasteiger partial charge in [-0.3, -0.25) is 15.1 Å². The van der Waals surface area contributed by atoms with Crippen LogP contribution in [0.3, 0.4) is 0 Å². The van der Waals surface area contributed by atoms with E-state index in [2.05, 4.69) is 35.8 Å². The molecule has 1 aliphatic heterocycles. The maximum absolute atomic E-state index is 11.3. The highest BCUT2D eigenvalue weighted by Gasteiger charge is 2.64. The van der Waals surface area contributed by atoms with Crippen molar-refractivity contribution < 1.29 is 34.2 Å². The van der Waals surface area contributed by atoms with Crippen LogP contribution >= 0.6 is 11.8 Å². The summed E-state index contributed by atoms with van der Waals surface area (Å²) in [5.41, 5.74) is 5.40. The normalized spacial score (nSPS) is 23.7. The molecule has 7 rings (SSSR count). The number of allylic oxidation sites excluding steroid dienone is 1. The van der Waals surface area contributed by atoms with Crippen LogP contribution in [0.25, 0.3) is 0 Å². The number of aliphatic hydroxyl groups is 2. The van der Waals surface area contributed by atoms with Crippen LogP contribution in [0, 0.1) is 34.8 Å². The topological polar surface area (TPSA) is 146 Å². The lowest BCUT2D eigenvalue weighted by molar-refractivity contribution is -0.384. The van der Waals surface area contributed by atoms with Crippen molar-refractivity contribution in [3.05, 3.63) is 148 Å². The number of nitro benzene ring substituents is 1. The zero-order valence-electron chi connectivity index (χ0n) is 33.5. The van der Waals surface area contributed by atoms with Crippen molar-refractivity contribution in [2.24, 2.45) is 22.9 Å². The Hall–Kier alpha value is -5.01. The number of hydrogen-bond donors (Lipinski definition) is 2. The highest BCUT2D eigenvalue weighted by molar-refractivity contribution is 8.00. The Morgan fingerprint density at radius 3 is 2.49 bits per heavy atom. The minimum Gasteiger partial charge on any atom is -0.487 e. The third-order valence-electron chi connectivity index (χ3n) is 11.5. The molecule has 0 spiro atoms. The average molecular weight is 820 g/mol. The fourth-order valence-corrected chi connectivity index (χ4v) is 10.2. The van der Waals surface area contributed by atoms with Gasteiger partial charge in [0.05, 0.1) is 34.1 Å². The zero-order valence-corrected chi connectivity index (χ0v) is 34.3. The van der Waals surface area contributed by atoms with Gasteiger partial charge in [0.15, 0.2) is 0 Å². The second kappa shape index (κ2) is 19.8. The molecule has 310 valence electrons. The number of nitro groups is 1. The van der Waals surface area contributed by atoms with Crippen molar-refractivity contribution >= 4 is 23.2 Å². The number of thioether (sulfide) groups is 1.